The fourth-order valence-electron chi connectivity index (χ4n) is 3.29. The number of rotatable bonds is 13. The molecule has 10 heteroatoms. The van der Waals surface area contributed by atoms with Crippen molar-refractivity contribution in [1.82, 2.24) is 5.32 Å². The van der Waals surface area contributed by atoms with E-state index in [0.29, 0.717) is 23.7 Å². The van der Waals surface area contributed by atoms with Crippen molar-refractivity contribution in [3.63, 3.8) is 0 Å². The highest BCUT2D eigenvalue weighted by Crippen LogP contribution is 2.33. The quantitative estimate of drug-likeness (QED) is 0.338. The van der Waals surface area contributed by atoms with Gasteiger partial charge in [-0.15, -0.1) is 0 Å². The highest BCUT2D eigenvalue weighted by Gasteiger charge is 2.28. The average Bonchev–Trinajstić information content (AvgIpc) is 3.38. The fraction of sp³-hybridized carbons (Fsp3) is 0.320. The van der Waals surface area contributed by atoms with E-state index in [0.717, 1.165) is 33.6 Å². The van der Waals surface area contributed by atoms with E-state index in [1.165, 1.54) is 26.4 Å². The van der Waals surface area contributed by atoms with E-state index in [9.17, 15) is 13.2 Å². The van der Waals surface area contributed by atoms with Gasteiger partial charge in [-0.2, -0.15) is 11.8 Å². The number of thioether (sulfide) groups is 1. The molecule has 0 unspecified atom stereocenters. The lowest BCUT2D eigenvalue weighted by Gasteiger charge is -2.25. The van der Waals surface area contributed by atoms with Gasteiger partial charge in [0.15, 0.2) is 11.5 Å². The third-order valence-corrected chi connectivity index (χ3v) is 8.02. The number of carbonyl (C=O) groups is 1. The molecule has 0 spiro atoms. The molecule has 35 heavy (non-hydrogen) atoms. The second kappa shape index (κ2) is 12.6. The van der Waals surface area contributed by atoms with Gasteiger partial charge < -0.3 is 19.2 Å². The Balaban J connectivity index is 1.70. The van der Waals surface area contributed by atoms with Crippen LogP contribution in [-0.2, 0) is 20.6 Å². The molecule has 0 saturated carbocycles. The summed E-state index contributed by atoms with van der Waals surface area (Å²) in [4.78, 5) is 12.9. The topological polar surface area (TPSA) is 98.1 Å². The zero-order valence-corrected chi connectivity index (χ0v) is 21.7. The van der Waals surface area contributed by atoms with Crippen LogP contribution >= 0.6 is 11.8 Å². The number of amides is 1. The molecule has 1 aromatic heterocycles. The van der Waals surface area contributed by atoms with Crippen molar-refractivity contribution in [2.75, 3.05) is 37.4 Å². The first kappa shape index (κ1) is 26.5. The van der Waals surface area contributed by atoms with Gasteiger partial charge in [-0.3, -0.25) is 9.10 Å². The molecule has 1 heterocycles. The van der Waals surface area contributed by atoms with E-state index < -0.39 is 15.9 Å². The molecular formula is C25H30N2O6S2. The molecule has 1 N–H and O–H groups in total. The number of aryl methyl sites for hydroxylation is 1. The lowest BCUT2D eigenvalue weighted by atomic mass is 10.2. The number of hydrogen-bond acceptors (Lipinski definition) is 7. The van der Waals surface area contributed by atoms with Crippen molar-refractivity contribution < 1.29 is 27.1 Å². The number of ether oxygens (including phenoxy) is 2. The molecular weight excluding hydrogens is 488 g/mol. The van der Waals surface area contributed by atoms with Crippen molar-refractivity contribution in [2.45, 2.75) is 24.0 Å². The van der Waals surface area contributed by atoms with E-state index in [-0.39, 0.29) is 11.4 Å². The van der Waals surface area contributed by atoms with E-state index in [1.54, 1.807) is 48.4 Å². The van der Waals surface area contributed by atoms with Gasteiger partial charge in [0.2, 0.25) is 5.91 Å². The van der Waals surface area contributed by atoms with Crippen molar-refractivity contribution in [3.05, 3.63) is 72.2 Å². The summed E-state index contributed by atoms with van der Waals surface area (Å²) >= 11 is 1.71. The monoisotopic (exact) mass is 518 g/mol. The first-order chi connectivity index (χ1) is 16.8. The smallest absolute Gasteiger partial charge is 0.264 e. The molecule has 0 atom stereocenters. The SMILES string of the molecule is COc1ccc(N(CC(=O)NCCCSCc2ccco2)S(=O)(=O)c2ccc(C)cc2)cc1OC. The lowest BCUT2D eigenvalue weighted by molar-refractivity contribution is -0.119. The molecule has 0 aliphatic carbocycles. The van der Waals surface area contributed by atoms with E-state index in [1.807, 2.05) is 19.1 Å². The van der Waals surface area contributed by atoms with Gasteiger partial charge in [-0.1, -0.05) is 17.7 Å². The summed E-state index contributed by atoms with van der Waals surface area (Å²) in [6.07, 6.45) is 2.39. The van der Waals surface area contributed by atoms with Crippen LogP contribution in [0.3, 0.4) is 0 Å². The number of nitrogens with zero attached hydrogens (tertiary/aromatic N) is 1. The molecule has 0 radical (unpaired) electrons. The summed E-state index contributed by atoms with van der Waals surface area (Å²) in [6.45, 7) is 1.95. The second-order valence-electron chi connectivity index (χ2n) is 7.70. The molecule has 2 aromatic carbocycles. The number of furan rings is 1. The zero-order chi connectivity index (χ0) is 25.3. The number of methoxy groups -OCH3 is 2. The van der Waals surface area contributed by atoms with Gasteiger partial charge in [0, 0.05) is 12.6 Å². The predicted octanol–water partition coefficient (Wildman–Crippen LogP) is 4.24. The molecule has 1 amide bonds. The third kappa shape index (κ3) is 7.19. The van der Waals surface area contributed by atoms with Gasteiger partial charge in [0.1, 0.15) is 12.3 Å². The molecule has 0 aliphatic heterocycles. The minimum Gasteiger partial charge on any atom is -0.493 e. The number of benzene rings is 2. The maximum absolute atomic E-state index is 13.5. The van der Waals surface area contributed by atoms with E-state index >= 15 is 0 Å². The first-order valence-electron chi connectivity index (χ1n) is 11.0. The normalized spacial score (nSPS) is 11.2. The summed E-state index contributed by atoms with van der Waals surface area (Å²) in [5.41, 5.74) is 1.23. The van der Waals surface area contributed by atoms with Crippen molar-refractivity contribution in [3.8, 4) is 11.5 Å². The van der Waals surface area contributed by atoms with Crippen LogP contribution in [0.1, 0.15) is 17.7 Å². The van der Waals surface area contributed by atoms with Crippen LogP contribution in [0.4, 0.5) is 5.69 Å². The predicted molar refractivity (Wildman–Crippen MR) is 138 cm³/mol. The number of nitrogens with one attached hydrogen (secondary N) is 1. The summed E-state index contributed by atoms with van der Waals surface area (Å²) < 4.78 is 44.0. The maximum atomic E-state index is 13.5. The molecule has 188 valence electrons. The van der Waals surface area contributed by atoms with Gasteiger partial charge in [-0.05, 0) is 55.5 Å². The minimum absolute atomic E-state index is 0.0972. The Morgan fingerprint density at radius 2 is 1.80 bits per heavy atom. The summed E-state index contributed by atoms with van der Waals surface area (Å²) in [7, 11) is -1.05. The highest BCUT2D eigenvalue weighted by molar-refractivity contribution is 7.98. The average molecular weight is 519 g/mol. The number of anilines is 1. The van der Waals surface area contributed by atoms with E-state index in [4.69, 9.17) is 13.9 Å². The van der Waals surface area contributed by atoms with Crippen LogP contribution in [0.25, 0.3) is 0 Å². The minimum atomic E-state index is -4.01. The molecule has 3 rings (SSSR count). The van der Waals surface area contributed by atoms with E-state index in [2.05, 4.69) is 5.32 Å². The molecule has 3 aromatic rings. The lowest BCUT2D eigenvalue weighted by Crippen LogP contribution is -2.41. The number of hydrogen-bond donors (Lipinski definition) is 1. The summed E-state index contributed by atoms with van der Waals surface area (Å²) in [5.74, 6) is 2.94. The van der Waals surface area contributed by atoms with Gasteiger partial charge in [0.25, 0.3) is 10.0 Å². The van der Waals surface area contributed by atoms with Crippen LogP contribution < -0.4 is 19.1 Å². The summed E-state index contributed by atoms with van der Waals surface area (Å²) in [6, 6.07) is 15.0. The molecule has 0 aliphatic rings. The number of sulfonamides is 1. The Kier molecular flexibility index (Phi) is 9.50. The van der Waals surface area contributed by atoms with Crippen molar-refractivity contribution >= 4 is 33.4 Å². The van der Waals surface area contributed by atoms with Gasteiger partial charge >= 0.3 is 0 Å². The largest absolute Gasteiger partial charge is 0.493 e. The molecule has 8 nitrogen and oxygen atoms in total. The van der Waals surface area contributed by atoms with Gasteiger partial charge in [-0.25, -0.2) is 8.42 Å². The Bertz CT molecular complexity index is 1200. The Hall–Kier alpha value is -3.11. The summed E-state index contributed by atoms with van der Waals surface area (Å²) in [5, 5.41) is 2.82. The number of carbonyl (C=O) groups excluding carboxylic acids is 1. The maximum Gasteiger partial charge on any atom is 0.264 e. The van der Waals surface area contributed by atoms with Gasteiger partial charge in [0.05, 0.1) is 36.8 Å². The van der Waals surface area contributed by atoms with Crippen LogP contribution in [-0.4, -0.2) is 47.4 Å². The molecule has 0 bridgehead atoms. The van der Waals surface area contributed by atoms with Crippen LogP contribution in [0, 0.1) is 6.92 Å². The fourth-order valence-corrected chi connectivity index (χ4v) is 5.56. The second-order valence-corrected chi connectivity index (χ2v) is 10.7. The standard InChI is InChI=1S/C25H30N2O6S2/c1-19-7-10-22(11-8-19)35(29,30)27(20-9-12-23(31-2)24(16-20)32-3)17-25(28)26-13-5-15-34-18-21-6-4-14-33-21/h4,6-12,14,16H,5,13,15,17-18H2,1-3H3,(H,26,28). The van der Waals surface area contributed by atoms with Crippen LogP contribution in [0.2, 0.25) is 0 Å². The van der Waals surface area contributed by atoms with Crippen LogP contribution in [0.15, 0.2) is 70.2 Å². The van der Waals surface area contributed by atoms with Crippen molar-refractivity contribution in [1.29, 1.82) is 0 Å². The Morgan fingerprint density at radius 1 is 1.06 bits per heavy atom. The Labute approximate surface area is 210 Å². The first-order valence-corrected chi connectivity index (χ1v) is 13.6. The molecule has 0 saturated heterocycles. The Morgan fingerprint density at radius 3 is 2.46 bits per heavy atom. The van der Waals surface area contributed by atoms with Crippen LogP contribution in [0.5, 0.6) is 11.5 Å². The molecule has 0 fully saturated rings. The zero-order valence-electron chi connectivity index (χ0n) is 20.0. The highest BCUT2D eigenvalue weighted by atomic mass is 32.2. The third-order valence-electron chi connectivity index (χ3n) is 5.16. The van der Waals surface area contributed by atoms with Crippen molar-refractivity contribution in [2.24, 2.45) is 0 Å².